The summed E-state index contributed by atoms with van der Waals surface area (Å²) < 4.78 is 24.7. The average Bonchev–Trinajstić information content (AvgIpc) is 3.66. The maximum absolute atomic E-state index is 14.0. The van der Waals surface area contributed by atoms with Crippen molar-refractivity contribution in [3.8, 4) is 22.8 Å². The minimum atomic E-state index is -0.489. The summed E-state index contributed by atoms with van der Waals surface area (Å²) in [5.74, 6) is 0.0560. The molecule has 1 heterocycles. The number of aliphatic hydroxyl groups excluding tert-OH is 1. The number of pyridine rings is 1. The van der Waals surface area contributed by atoms with Crippen molar-refractivity contribution in [1.29, 1.82) is 0 Å². The molecule has 1 aliphatic carbocycles. The Balaban J connectivity index is 1.58. The first kappa shape index (κ1) is 21.8. The molecule has 1 amide bonds. The Morgan fingerprint density at radius 3 is 2.75 bits per heavy atom. The van der Waals surface area contributed by atoms with Gasteiger partial charge in [-0.25, -0.2) is 9.37 Å². The Hall–Kier alpha value is -3.45. The van der Waals surface area contributed by atoms with Gasteiger partial charge in [0.25, 0.3) is 5.91 Å². The number of nitrogens with zero attached hydrogens (tertiary/aromatic N) is 1. The highest BCUT2D eigenvalue weighted by Crippen LogP contribution is 2.31. The van der Waals surface area contributed by atoms with E-state index in [-0.39, 0.29) is 30.7 Å². The third-order valence-corrected chi connectivity index (χ3v) is 5.42. The van der Waals surface area contributed by atoms with Gasteiger partial charge in [0.2, 0.25) is 5.88 Å². The molecular weight excluding hydrogens is 411 g/mol. The molecule has 0 aliphatic heterocycles. The predicted octanol–water partition coefficient (Wildman–Crippen LogP) is 4.11. The second-order valence-electron chi connectivity index (χ2n) is 7.80. The number of amides is 1. The Bertz CT molecular complexity index is 1110. The third-order valence-electron chi connectivity index (χ3n) is 5.42. The van der Waals surface area contributed by atoms with E-state index < -0.39 is 5.82 Å². The van der Waals surface area contributed by atoms with E-state index >= 15 is 0 Å². The summed E-state index contributed by atoms with van der Waals surface area (Å²) >= 11 is 0. The standard InChI is InChI=1S/C25H25FN2O4/c1-31-23-9-8-17(10-22(23)26)12-27-24(30)21-11-19(20-5-3-2-4-18(20)14-29)13-28-25(21)32-15-16-6-7-16/h2-5,8-11,13,16,29H,6-7,12,14-15H2,1H3,(H,27,30). The van der Waals surface area contributed by atoms with Crippen LogP contribution in [0, 0.1) is 11.7 Å². The number of carbonyl (C=O) groups excluding carboxylic acids is 1. The van der Waals surface area contributed by atoms with Gasteiger partial charge in [-0.1, -0.05) is 30.3 Å². The van der Waals surface area contributed by atoms with Gasteiger partial charge in [-0.2, -0.15) is 0 Å². The van der Waals surface area contributed by atoms with Crippen LogP contribution < -0.4 is 14.8 Å². The van der Waals surface area contributed by atoms with Crippen LogP contribution in [0.15, 0.2) is 54.7 Å². The highest BCUT2D eigenvalue weighted by molar-refractivity contribution is 5.97. The summed E-state index contributed by atoms with van der Waals surface area (Å²) in [6.45, 7) is 0.531. The van der Waals surface area contributed by atoms with Crippen LogP contribution in [-0.4, -0.2) is 29.7 Å². The Labute approximate surface area is 186 Å². The van der Waals surface area contributed by atoms with E-state index in [1.807, 2.05) is 24.3 Å². The Morgan fingerprint density at radius 1 is 1.22 bits per heavy atom. The fourth-order valence-electron chi connectivity index (χ4n) is 3.40. The van der Waals surface area contributed by atoms with Crippen molar-refractivity contribution in [3.63, 3.8) is 0 Å². The normalized spacial score (nSPS) is 13.0. The number of rotatable bonds is 9. The summed E-state index contributed by atoms with van der Waals surface area (Å²) in [5.41, 5.74) is 3.13. The second-order valence-corrected chi connectivity index (χ2v) is 7.80. The van der Waals surface area contributed by atoms with Gasteiger partial charge in [-0.05, 0) is 53.6 Å². The highest BCUT2D eigenvalue weighted by atomic mass is 19.1. The molecule has 0 bridgehead atoms. The summed E-state index contributed by atoms with van der Waals surface area (Å²) in [7, 11) is 1.40. The zero-order valence-electron chi connectivity index (χ0n) is 17.8. The summed E-state index contributed by atoms with van der Waals surface area (Å²) in [6.07, 6.45) is 3.88. The SMILES string of the molecule is COc1ccc(CNC(=O)c2cc(-c3ccccc3CO)cnc2OCC2CC2)cc1F. The first-order valence-corrected chi connectivity index (χ1v) is 10.5. The molecule has 0 radical (unpaired) electrons. The van der Waals surface area contributed by atoms with E-state index in [1.54, 1.807) is 18.3 Å². The van der Waals surface area contributed by atoms with Crippen LogP contribution in [0.5, 0.6) is 11.6 Å². The molecule has 0 spiro atoms. The number of carbonyl (C=O) groups is 1. The number of ether oxygens (including phenoxy) is 2. The van der Waals surface area contributed by atoms with E-state index in [0.29, 0.717) is 29.2 Å². The summed E-state index contributed by atoms with van der Waals surface area (Å²) in [6, 6.07) is 13.7. The van der Waals surface area contributed by atoms with Crippen molar-refractivity contribution in [2.45, 2.75) is 26.0 Å². The monoisotopic (exact) mass is 436 g/mol. The highest BCUT2D eigenvalue weighted by Gasteiger charge is 2.24. The Morgan fingerprint density at radius 2 is 2.03 bits per heavy atom. The van der Waals surface area contributed by atoms with Crippen molar-refractivity contribution in [3.05, 3.63) is 77.2 Å². The lowest BCUT2D eigenvalue weighted by molar-refractivity contribution is 0.0945. The molecule has 32 heavy (non-hydrogen) atoms. The van der Waals surface area contributed by atoms with Crippen LogP contribution in [0.3, 0.4) is 0 Å². The first-order valence-electron chi connectivity index (χ1n) is 10.5. The average molecular weight is 436 g/mol. The lowest BCUT2D eigenvalue weighted by Crippen LogP contribution is -2.24. The molecule has 2 aromatic carbocycles. The molecule has 2 N–H and O–H groups in total. The van der Waals surface area contributed by atoms with E-state index in [1.165, 1.54) is 19.2 Å². The van der Waals surface area contributed by atoms with E-state index in [9.17, 15) is 14.3 Å². The molecule has 4 rings (SSSR count). The minimum absolute atomic E-state index is 0.124. The minimum Gasteiger partial charge on any atom is -0.494 e. The van der Waals surface area contributed by atoms with Gasteiger partial charge in [-0.3, -0.25) is 4.79 Å². The Kier molecular flexibility index (Phi) is 6.66. The molecule has 7 heteroatoms. The zero-order chi connectivity index (χ0) is 22.5. The van der Waals surface area contributed by atoms with E-state index in [0.717, 1.165) is 24.0 Å². The maximum atomic E-state index is 14.0. The van der Waals surface area contributed by atoms with Gasteiger partial charge in [0, 0.05) is 18.3 Å². The topological polar surface area (TPSA) is 80.7 Å². The van der Waals surface area contributed by atoms with Gasteiger partial charge < -0.3 is 19.9 Å². The smallest absolute Gasteiger partial charge is 0.257 e. The van der Waals surface area contributed by atoms with E-state index in [2.05, 4.69) is 10.3 Å². The first-order chi connectivity index (χ1) is 15.6. The van der Waals surface area contributed by atoms with Crippen LogP contribution in [0.1, 0.15) is 34.3 Å². The molecule has 0 saturated heterocycles. The molecular formula is C25H25FN2O4. The van der Waals surface area contributed by atoms with E-state index in [4.69, 9.17) is 9.47 Å². The van der Waals surface area contributed by atoms with Crippen molar-refractivity contribution in [1.82, 2.24) is 10.3 Å². The number of hydrogen-bond acceptors (Lipinski definition) is 5. The van der Waals surface area contributed by atoms with Gasteiger partial charge in [0.15, 0.2) is 11.6 Å². The van der Waals surface area contributed by atoms with Crippen LogP contribution in [0.2, 0.25) is 0 Å². The van der Waals surface area contributed by atoms with Crippen LogP contribution in [0.25, 0.3) is 11.1 Å². The van der Waals surface area contributed by atoms with Gasteiger partial charge in [-0.15, -0.1) is 0 Å². The molecule has 1 saturated carbocycles. The molecule has 3 aromatic rings. The van der Waals surface area contributed by atoms with Gasteiger partial charge in [0.05, 0.1) is 20.3 Å². The molecule has 1 fully saturated rings. The van der Waals surface area contributed by atoms with Crippen molar-refractivity contribution < 1.29 is 23.8 Å². The van der Waals surface area contributed by atoms with Crippen molar-refractivity contribution >= 4 is 5.91 Å². The lowest BCUT2D eigenvalue weighted by atomic mass is 10.00. The fraction of sp³-hybridized carbons (Fsp3) is 0.280. The van der Waals surface area contributed by atoms with Crippen molar-refractivity contribution in [2.75, 3.05) is 13.7 Å². The number of nitrogens with one attached hydrogen (secondary N) is 1. The zero-order valence-corrected chi connectivity index (χ0v) is 17.8. The molecule has 1 aromatic heterocycles. The quantitative estimate of drug-likeness (QED) is 0.528. The predicted molar refractivity (Wildman–Crippen MR) is 118 cm³/mol. The van der Waals surface area contributed by atoms with Crippen molar-refractivity contribution in [2.24, 2.45) is 5.92 Å². The van der Waals surface area contributed by atoms with Gasteiger partial charge in [0.1, 0.15) is 5.56 Å². The summed E-state index contributed by atoms with van der Waals surface area (Å²) in [4.78, 5) is 17.4. The molecule has 1 aliphatic rings. The number of aliphatic hydroxyl groups is 1. The molecule has 6 nitrogen and oxygen atoms in total. The largest absolute Gasteiger partial charge is 0.494 e. The fourth-order valence-corrected chi connectivity index (χ4v) is 3.40. The van der Waals surface area contributed by atoms with Gasteiger partial charge >= 0.3 is 0 Å². The molecule has 166 valence electrons. The molecule has 0 unspecified atom stereocenters. The lowest BCUT2D eigenvalue weighted by Gasteiger charge is -2.14. The second kappa shape index (κ2) is 9.78. The number of methoxy groups -OCH3 is 1. The third kappa shape index (κ3) is 5.06. The number of halogens is 1. The van der Waals surface area contributed by atoms with Crippen LogP contribution >= 0.6 is 0 Å². The molecule has 0 atom stereocenters. The van der Waals surface area contributed by atoms with Crippen LogP contribution in [-0.2, 0) is 13.2 Å². The summed E-state index contributed by atoms with van der Waals surface area (Å²) in [5, 5.41) is 12.5. The maximum Gasteiger partial charge on any atom is 0.257 e. The number of hydrogen-bond donors (Lipinski definition) is 2. The number of aromatic nitrogens is 1. The van der Waals surface area contributed by atoms with Crippen LogP contribution in [0.4, 0.5) is 4.39 Å². The number of benzene rings is 2.